The second-order valence-corrected chi connectivity index (χ2v) is 6.55. The lowest BCUT2D eigenvalue weighted by Gasteiger charge is -2.09. The number of aliphatic hydroxyl groups is 1. The normalized spacial score (nSPS) is 13.1. The summed E-state index contributed by atoms with van der Waals surface area (Å²) >= 11 is 0. The summed E-state index contributed by atoms with van der Waals surface area (Å²) in [6.45, 7) is 3.54. The molecule has 1 heterocycles. The molecule has 2 rings (SSSR count). The molecule has 0 aliphatic rings. The Hall–Kier alpha value is -1.86. The Balaban J connectivity index is 2.29. The average molecular weight is 309 g/mol. The van der Waals surface area contributed by atoms with Crippen LogP contribution in [0.4, 0.5) is 5.69 Å². The highest BCUT2D eigenvalue weighted by Gasteiger charge is 2.17. The average Bonchev–Trinajstić information content (AvgIpc) is 2.78. The lowest BCUT2D eigenvalue weighted by atomic mass is 10.1. The van der Waals surface area contributed by atoms with E-state index in [0.29, 0.717) is 23.4 Å². The minimum absolute atomic E-state index is 0.151. The van der Waals surface area contributed by atoms with Crippen LogP contribution in [0.25, 0.3) is 0 Å². The molecular weight excluding hydrogens is 290 g/mol. The lowest BCUT2D eigenvalue weighted by Crippen LogP contribution is -2.13. The SMILES string of the molecule is CCc1nn(C)cc1NS(=O)(=O)c1ccc(C(C)O)cc1. The van der Waals surface area contributed by atoms with Crippen LogP contribution in [0.1, 0.15) is 31.2 Å². The smallest absolute Gasteiger partial charge is 0.262 e. The molecule has 2 aromatic rings. The number of hydrogen-bond donors (Lipinski definition) is 2. The van der Waals surface area contributed by atoms with Crippen LogP contribution in [-0.2, 0) is 23.5 Å². The van der Waals surface area contributed by atoms with Crippen LogP contribution in [0, 0.1) is 0 Å². The lowest BCUT2D eigenvalue weighted by molar-refractivity contribution is 0.199. The minimum atomic E-state index is -3.66. The first-order valence-electron chi connectivity index (χ1n) is 6.67. The van der Waals surface area contributed by atoms with Crippen LogP contribution < -0.4 is 4.72 Å². The van der Waals surface area contributed by atoms with Crippen molar-refractivity contribution in [2.45, 2.75) is 31.3 Å². The van der Waals surface area contributed by atoms with E-state index in [1.165, 1.54) is 12.1 Å². The molecule has 1 atom stereocenters. The van der Waals surface area contributed by atoms with Crippen LogP contribution in [0.15, 0.2) is 35.4 Å². The zero-order valence-electron chi connectivity index (χ0n) is 12.2. The molecule has 0 aliphatic heterocycles. The van der Waals surface area contributed by atoms with Gasteiger partial charge < -0.3 is 5.11 Å². The van der Waals surface area contributed by atoms with E-state index in [-0.39, 0.29) is 4.90 Å². The fourth-order valence-electron chi connectivity index (χ4n) is 2.01. The number of benzene rings is 1. The van der Waals surface area contributed by atoms with Crippen LogP contribution >= 0.6 is 0 Å². The Labute approximate surface area is 124 Å². The molecule has 0 bridgehead atoms. The third kappa shape index (κ3) is 3.43. The maximum Gasteiger partial charge on any atom is 0.262 e. The van der Waals surface area contributed by atoms with Gasteiger partial charge in [0.05, 0.1) is 22.4 Å². The number of aryl methyl sites for hydroxylation is 2. The largest absolute Gasteiger partial charge is 0.389 e. The summed E-state index contributed by atoms with van der Waals surface area (Å²) in [6, 6.07) is 6.16. The Kier molecular flexibility index (Phi) is 4.34. The van der Waals surface area contributed by atoms with Gasteiger partial charge in [-0.2, -0.15) is 5.10 Å². The van der Waals surface area contributed by atoms with Crippen LogP contribution in [-0.4, -0.2) is 23.3 Å². The first kappa shape index (κ1) is 15.5. The van der Waals surface area contributed by atoms with Gasteiger partial charge >= 0.3 is 0 Å². The first-order valence-corrected chi connectivity index (χ1v) is 8.15. The second kappa shape index (κ2) is 5.87. The van der Waals surface area contributed by atoms with E-state index in [1.54, 1.807) is 37.0 Å². The van der Waals surface area contributed by atoms with E-state index in [1.807, 2.05) is 6.92 Å². The molecule has 1 unspecified atom stereocenters. The molecule has 0 amide bonds. The summed E-state index contributed by atoms with van der Waals surface area (Å²) in [5.74, 6) is 0. The Bertz CT molecular complexity index is 718. The molecule has 1 aromatic carbocycles. The number of sulfonamides is 1. The monoisotopic (exact) mass is 309 g/mol. The number of aliphatic hydroxyl groups excluding tert-OH is 1. The van der Waals surface area contributed by atoms with E-state index >= 15 is 0 Å². The van der Waals surface area contributed by atoms with Gasteiger partial charge in [-0.15, -0.1) is 0 Å². The summed E-state index contributed by atoms with van der Waals surface area (Å²) < 4.78 is 28.8. The van der Waals surface area contributed by atoms with E-state index in [9.17, 15) is 13.5 Å². The second-order valence-electron chi connectivity index (χ2n) is 4.87. The Morgan fingerprint density at radius 1 is 1.33 bits per heavy atom. The summed E-state index contributed by atoms with van der Waals surface area (Å²) in [5, 5.41) is 13.6. The fourth-order valence-corrected chi connectivity index (χ4v) is 3.08. The van der Waals surface area contributed by atoms with Crippen LogP contribution in [0.5, 0.6) is 0 Å². The summed E-state index contributed by atoms with van der Waals surface area (Å²) in [4.78, 5) is 0.151. The molecule has 7 heteroatoms. The topological polar surface area (TPSA) is 84.2 Å². The molecule has 114 valence electrons. The van der Waals surface area contributed by atoms with E-state index in [4.69, 9.17) is 0 Å². The van der Waals surface area contributed by atoms with Gasteiger partial charge in [-0.05, 0) is 31.0 Å². The van der Waals surface area contributed by atoms with E-state index < -0.39 is 16.1 Å². The standard InChI is InChI=1S/C14H19N3O3S/c1-4-13-14(9-17(3)15-13)16-21(19,20)12-7-5-11(6-8-12)10(2)18/h5-10,16,18H,4H2,1-3H3. The molecule has 0 saturated carbocycles. The molecule has 0 spiro atoms. The van der Waals surface area contributed by atoms with Gasteiger partial charge in [0.15, 0.2) is 0 Å². The van der Waals surface area contributed by atoms with Gasteiger partial charge in [0.2, 0.25) is 0 Å². The van der Waals surface area contributed by atoms with Crippen molar-refractivity contribution in [2.75, 3.05) is 4.72 Å². The van der Waals surface area contributed by atoms with Crippen LogP contribution in [0.2, 0.25) is 0 Å². The van der Waals surface area contributed by atoms with Crippen molar-refractivity contribution in [3.05, 3.63) is 41.7 Å². The maximum absolute atomic E-state index is 12.3. The Morgan fingerprint density at radius 2 is 1.95 bits per heavy atom. The molecule has 6 nitrogen and oxygen atoms in total. The van der Waals surface area contributed by atoms with Gasteiger partial charge in [0.25, 0.3) is 10.0 Å². The maximum atomic E-state index is 12.3. The van der Waals surface area contributed by atoms with Crippen LogP contribution in [0.3, 0.4) is 0 Å². The molecule has 0 aliphatic carbocycles. The van der Waals surface area contributed by atoms with Gasteiger partial charge in [-0.25, -0.2) is 8.42 Å². The van der Waals surface area contributed by atoms with Crippen molar-refractivity contribution in [1.29, 1.82) is 0 Å². The summed E-state index contributed by atoms with van der Waals surface area (Å²) in [6.07, 6.45) is 1.65. The zero-order valence-corrected chi connectivity index (χ0v) is 13.1. The molecule has 0 saturated heterocycles. The molecule has 21 heavy (non-hydrogen) atoms. The molecule has 1 aromatic heterocycles. The fraction of sp³-hybridized carbons (Fsp3) is 0.357. The highest BCUT2D eigenvalue weighted by atomic mass is 32.2. The number of aromatic nitrogens is 2. The van der Waals surface area contributed by atoms with Gasteiger partial charge in [0, 0.05) is 13.2 Å². The Morgan fingerprint density at radius 3 is 2.48 bits per heavy atom. The highest BCUT2D eigenvalue weighted by Crippen LogP contribution is 2.21. The summed E-state index contributed by atoms with van der Waals surface area (Å²) in [5.41, 5.74) is 1.85. The number of nitrogens with zero attached hydrogens (tertiary/aromatic N) is 2. The predicted octanol–water partition coefficient (Wildman–Crippen LogP) is 1.84. The predicted molar refractivity (Wildman–Crippen MR) is 80.5 cm³/mol. The van der Waals surface area contributed by atoms with Gasteiger partial charge in [-0.3, -0.25) is 9.40 Å². The number of anilines is 1. The van der Waals surface area contributed by atoms with Gasteiger partial charge in [-0.1, -0.05) is 19.1 Å². The van der Waals surface area contributed by atoms with E-state index in [0.717, 1.165) is 0 Å². The van der Waals surface area contributed by atoms with Crippen molar-refractivity contribution in [1.82, 2.24) is 9.78 Å². The molecule has 0 fully saturated rings. The highest BCUT2D eigenvalue weighted by molar-refractivity contribution is 7.92. The zero-order chi connectivity index (χ0) is 15.6. The molecule has 0 radical (unpaired) electrons. The number of rotatable bonds is 5. The third-order valence-corrected chi connectivity index (χ3v) is 4.54. The minimum Gasteiger partial charge on any atom is -0.389 e. The first-order chi connectivity index (χ1) is 9.83. The van der Waals surface area contributed by atoms with E-state index in [2.05, 4.69) is 9.82 Å². The number of nitrogens with one attached hydrogen (secondary N) is 1. The van der Waals surface area contributed by atoms with Crippen molar-refractivity contribution in [2.24, 2.45) is 7.05 Å². The van der Waals surface area contributed by atoms with Crippen molar-refractivity contribution in [3.8, 4) is 0 Å². The summed E-state index contributed by atoms with van der Waals surface area (Å²) in [7, 11) is -1.92. The van der Waals surface area contributed by atoms with Crippen molar-refractivity contribution in [3.63, 3.8) is 0 Å². The quantitative estimate of drug-likeness (QED) is 0.882. The molecule has 2 N–H and O–H groups in total. The van der Waals surface area contributed by atoms with Gasteiger partial charge in [0.1, 0.15) is 0 Å². The third-order valence-electron chi connectivity index (χ3n) is 3.16. The molecular formula is C14H19N3O3S. The van der Waals surface area contributed by atoms with Crippen molar-refractivity contribution >= 4 is 15.7 Å². The van der Waals surface area contributed by atoms with Crippen molar-refractivity contribution < 1.29 is 13.5 Å². The number of hydrogen-bond acceptors (Lipinski definition) is 4.